The molecule has 2 aromatic carbocycles. The maximum Gasteiger partial charge on any atom is 0.237 e. The van der Waals surface area contributed by atoms with Crippen LogP contribution >= 0.6 is 23.1 Å². The van der Waals surface area contributed by atoms with E-state index in [0.29, 0.717) is 18.8 Å². The van der Waals surface area contributed by atoms with E-state index in [1.165, 1.54) is 17.3 Å². The summed E-state index contributed by atoms with van der Waals surface area (Å²) in [6.07, 6.45) is 0. The standard InChI is InChI=1S/C24H24N4OS2/c1-3-27(20-13-8-7-10-18(20)2)22(29)17-31-24-26-25-23(21-14-9-15-30-21)28(24)16-19-11-5-4-6-12-19/h4-15H,3,16-17H2,1-2H3. The molecule has 0 bridgehead atoms. The van der Waals surface area contributed by atoms with Crippen molar-refractivity contribution in [3.63, 3.8) is 0 Å². The van der Waals surface area contributed by atoms with E-state index in [-0.39, 0.29) is 5.91 Å². The topological polar surface area (TPSA) is 51.0 Å². The van der Waals surface area contributed by atoms with Gasteiger partial charge in [0.15, 0.2) is 11.0 Å². The fourth-order valence-corrected chi connectivity index (χ4v) is 4.97. The molecule has 31 heavy (non-hydrogen) atoms. The third-order valence-electron chi connectivity index (χ3n) is 4.99. The Morgan fingerprint density at radius 1 is 1.03 bits per heavy atom. The number of anilines is 1. The lowest BCUT2D eigenvalue weighted by molar-refractivity contribution is -0.116. The van der Waals surface area contributed by atoms with E-state index in [1.807, 2.05) is 78.7 Å². The number of rotatable bonds is 8. The van der Waals surface area contributed by atoms with Crippen LogP contribution in [0.4, 0.5) is 5.69 Å². The third-order valence-corrected chi connectivity index (χ3v) is 6.81. The molecule has 0 fully saturated rings. The summed E-state index contributed by atoms with van der Waals surface area (Å²) in [6.45, 7) is 5.32. The third kappa shape index (κ3) is 4.89. The van der Waals surface area contributed by atoms with E-state index in [4.69, 9.17) is 0 Å². The molecule has 0 aliphatic heterocycles. The Balaban J connectivity index is 1.56. The fraction of sp³-hybridized carbons (Fsp3) is 0.208. The van der Waals surface area contributed by atoms with E-state index >= 15 is 0 Å². The maximum absolute atomic E-state index is 13.1. The summed E-state index contributed by atoms with van der Waals surface area (Å²) >= 11 is 3.08. The number of amides is 1. The van der Waals surface area contributed by atoms with Crippen LogP contribution in [-0.4, -0.2) is 33.0 Å². The molecule has 0 radical (unpaired) electrons. The Morgan fingerprint density at radius 3 is 2.52 bits per heavy atom. The summed E-state index contributed by atoms with van der Waals surface area (Å²) in [5.74, 6) is 1.20. The van der Waals surface area contributed by atoms with Crippen LogP contribution in [0.15, 0.2) is 77.3 Å². The van der Waals surface area contributed by atoms with Gasteiger partial charge in [-0.25, -0.2) is 0 Å². The molecule has 2 heterocycles. The highest BCUT2D eigenvalue weighted by Gasteiger charge is 2.20. The summed E-state index contributed by atoms with van der Waals surface area (Å²) < 4.78 is 2.10. The average molecular weight is 449 g/mol. The van der Waals surface area contributed by atoms with E-state index in [2.05, 4.69) is 26.9 Å². The van der Waals surface area contributed by atoms with Crippen LogP contribution in [0.5, 0.6) is 0 Å². The number of aromatic nitrogens is 3. The Bertz CT molecular complexity index is 1140. The van der Waals surface area contributed by atoms with Gasteiger partial charge in [-0.1, -0.05) is 66.4 Å². The molecule has 4 aromatic rings. The van der Waals surface area contributed by atoms with Gasteiger partial charge in [0.2, 0.25) is 5.91 Å². The predicted molar refractivity (Wildman–Crippen MR) is 129 cm³/mol. The largest absolute Gasteiger partial charge is 0.312 e. The monoisotopic (exact) mass is 448 g/mol. The van der Waals surface area contributed by atoms with Crippen molar-refractivity contribution in [2.45, 2.75) is 25.5 Å². The number of thioether (sulfide) groups is 1. The zero-order valence-electron chi connectivity index (χ0n) is 17.6. The normalized spacial score (nSPS) is 10.9. The quantitative estimate of drug-likeness (QED) is 0.334. The van der Waals surface area contributed by atoms with Crippen molar-refractivity contribution in [1.82, 2.24) is 14.8 Å². The van der Waals surface area contributed by atoms with Gasteiger partial charge < -0.3 is 4.90 Å². The molecule has 5 nitrogen and oxygen atoms in total. The molecule has 2 aromatic heterocycles. The molecule has 0 aliphatic rings. The van der Waals surface area contributed by atoms with E-state index in [1.54, 1.807) is 11.3 Å². The molecule has 1 amide bonds. The van der Waals surface area contributed by atoms with Crippen LogP contribution in [-0.2, 0) is 11.3 Å². The van der Waals surface area contributed by atoms with Crippen LogP contribution in [0.2, 0.25) is 0 Å². The Hall–Kier alpha value is -2.90. The highest BCUT2D eigenvalue weighted by atomic mass is 32.2. The Kier molecular flexibility index (Phi) is 6.84. The van der Waals surface area contributed by atoms with E-state index in [0.717, 1.165) is 27.1 Å². The lowest BCUT2D eigenvalue weighted by Crippen LogP contribution is -2.32. The highest BCUT2D eigenvalue weighted by molar-refractivity contribution is 7.99. The Morgan fingerprint density at radius 2 is 1.81 bits per heavy atom. The molecule has 7 heteroatoms. The molecular weight excluding hydrogens is 424 g/mol. The second kappa shape index (κ2) is 9.94. The molecule has 158 valence electrons. The molecule has 0 atom stereocenters. The molecule has 0 aliphatic carbocycles. The van der Waals surface area contributed by atoms with Crippen molar-refractivity contribution in [1.29, 1.82) is 0 Å². The van der Waals surface area contributed by atoms with E-state index in [9.17, 15) is 4.79 Å². The first-order chi connectivity index (χ1) is 15.2. The summed E-state index contributed by atoms with van der Waals surface area (Å²) in [5.41, 5.74) is 3.22. The van der Waals surface area contributed by atoms with Gasteiger partial charge in [0.25, 0.3) is 0 Å². The summed E-state index contributed by atoms with van der Waals surface area (Å²) in [5, 5.41) is 11.7. The smallest absolute Gasteiger partial charge is 0.237 e. The predicted octanol–water partition coefficient (Wildman–Crippen LogP) is 5.51. The first-order valence-electron chi connectivity index (χ1n) is 10.2. The average Bonchev–Trinajstić information content (AvgIpc) is 3.45. The lowest BCUT2D eigenvalue weighted by atomic mass is 10.2. The fourth-order valence-electron chi connectivity index (χ4n) is 3.44. The van der Waals surface area contributed by atoms with Crippen LogP contribution < -0.4 is 4.90 Å². The first kappa shape index (κ1) is 21.3. The van der Waals surface area contributed by atoms with Gasteiger partial charge in [-0.15, -0.1) is 21.5 Å². The van der Waals surface area contributed by atoms with Crippen LogP contribution in [0.1, 0.15) is 18.1 Å². The second-order valence-corrected chi connectivity index (χ2v) is 8.96. The van der Waals surface area contributed by atoms with Gasteiger partial charge in [-0.3, -0.25) is 9.36 Å². The highest BCUT2D eigenvalue weighted by Crippen LogP contribution is 2.29. The number of aryl methyl sites for hydroxylation is 1. The first-order valence-corrected chi connectivity index (χ1v) is 12.0. The van der Waals surface area contributed by atoms with Crippen molar-refractivity contribution >= 4 is 34.7 Å². The van der Waals surface area contributed by atoms with Gasteiger partial charge in [0.1, 0.15) is 0 Å². The minimum Gasteiger partial charge on any atom is -0.312 e. The zero-order chi connectivity index (χ0) is 21.6. The number of hydrogen-bond acceptors (Lipinski definition) is 5. The second-order valence-electron chi connectivity index (χ2n) is 7.07. The summed E-state index contributed by atoms with van der Waals surface area (Å²) in [7, 11) is 0. The van der Waals surface area contributed by atoms with Crippen molar-refractivity contribution in [2.75, 3.05) is 17.2 Å². The van der Waals surface area contributed by atoms with Gasteiger partial charge in [-0.05, 0) is 42.5 Å². The number of hydrogen-bond donors (Lipinski definition) is 0. The molecule has 0 saturated carbocycles. The molecule has 0 N–H and O–H groups in total. The Labute approximate surface area is 190 Å². The van der Waals surface area contributed by atoms with Crippen molar-refractivity contribution in [3.8, 4) is 10.7 Å². The SMILES string of the molecule is CCN(C(=O)CSc1nnc(-c2cccs2)n1Cc1ccccc1)c1ccccc1C. The minimum absolute atomic E-state index is 0.0636. The number of thiophene rings is 1. The molecule has 0 saturated heterocycles. The van der Waals surface area contributed by atoms with E-state index < -0.39 is 0 Å². The minimum atomic E-state index is 0.0636. The number of carbonyl (C=O) groups is 1. The number of nitrogens with zero attached hydrogens (tertiary/aromatic N) is 4. The maximum atomic E-state index is 13.1. The number of benzene rings is 2. The summed E-state index contributed by atoms with van der Waals surface area (Å²) in [6, 6.07) is 22.3. The van der Waals surface area contributed by atoms with Gasteiger partial charge in [-0.2, -0.15) is 0 Å². The number of carbonyl (C=O) groups excluding carboxylic acids is 1. The summed E-state index contributed by atoms with van der Waals surface area (Å²) in [4.78, 5) is 16.0. The van der Waals surface area contributed by atoms with Crippen molar-refractivity contribution in [3.05, 3.63) is 83.2 Å². The molecule has 0 spiro atoms. The van der Waals surface area contributed by atoms with Gasteiger partial charge in [0.05, 0.1) is 17.2 Å². The molecule has 4 rings (SSSR count). The zero-order valence-corrected chi connectivity index (χ0v) is 19.2. The molecular formula is C24H24N4OS2. The lowest BCUT2D eigenvalue weighted by Gasteiger charge is -2.22. The van der Waals surface area contributed by atoms with Crippen LogP contribution in [0.25, 0.3) is 10.7 Å². The van der Waals surface area contributed by atoms with Gasteiger partial charge in [0, 0.05) is 12.2 Å². The van der Waals surface area contributed by atoms with Gasteiger partial charge >= 0.3 is 0 Å². The molecule has 0 unspecified atom stereocenters. The van der Waals surface area contributed by atoms with Crippen molar-refractivity contribution in [2.24, 2.45) is 0 Å². The van der Waals surface area contributed by atoms with Crippen LogP contribution in [0, 0.1) is 6.92 Å². The van der Waals surface area contributed by atoms with Crippen molar-refractivity contribution < 1.29 is 4.79 Å². The number of para-hydroxylation sites is 1. The van der Waals surface area contributed by atoms with Crippen LogP contribution in [0.3, 0.4) is 0 Å².